The second-order valence-corrected chi connectivity index (χ2v) is 7.42. The van der Waals surface area contributed by atoms with Crippen LogP contribution in [0.4, 0.5) is 4.79 Å². The number of β-amino-alcohol motifs (C(OH)–C–C–N with tert-alkyl or cyclic N) is 1. The van der Waals surface area contributed by atoms with E-state index >= 15 is 0 Å². The molecule has 0 bridgehead atoms. The van der Waals surface area contributed by atoms with Crippen molar-refractivity contribution >= 4 is 17.4 Å². The quantitative estimate of drug-likeness (QED) is 0.880. The van der Waals surface area contributed by atoms with Gasteiger partial charge in [-0.1, -0.05) is 0 Å². The van der Waals surface area contributed by atoms with E-state index in [4.69, 9.17) is 10.5 Å². The number of thiophene rings is 1. The van der Waals surface area contributed by atoms with Crippen molar-refractivity contribution in [1.82, 2.24) is 4.90 Å². The molecule has 2 heterocycles. The van der Waals surface area contributed by atoms with Gasteiger partial charge in [-0.15, -0.1) is 0 Å². The summed E-state index contributed by atoms with van der Waals surface area (Å²) in [5.41, 5.74) is 5.49. The molecule has 1 fully saturated rings. The third-order valence-electron chi connectivity index (χ3n) is 3.64. The SMILES string of the molecule is CC(C)(C)OC(=O)N1CCCC(O)(C(N)c2ccsc2)C1. The molecule has 0 spiro atoms. The number of ether oxygens (including phenoxy) is 1. The van der Waals surface area contributed by atoms with Gasteiger partial charge in [-0.3, -0.25) is 0 Å². The van der Waals surface area contributed by atoms with E-state index in [0.29, 0.717) is 19.4 Å². The Hall–Kier alpha value is -1.11. The summed E-state index contributed by atoms with van der Waals surface area (Å²) < 4.78 is 5.38. The van der Waals surface area contributed by atoms with Crippen molar-refractivity contribution in [2.45, 2.75) is 50.9 Å². The van der Waals surface area contributed by atoms with Gasteiger partial charge in [0.2, 0.25) is 0 Å². The van der Waals surface area contributed by atoms with Crippen LogP contribution in [0.2, 0.25) is 0 Å². The zero-order valence-electron chi connectivity index (χ0n) is 12.8. The summed E-state index contributed by atoms with van der Waals surface area (Å²) in [5, 5.41) is 14.7. The molecule has 0 aromatic carbocycles. The van der Waals surface area contributed by atoms with Gasteiger partial charge in [0.25, 0.3) is 0 Å². The predicted molar refractivity (Wildman–Crippen MR) is 83.2 cm³/mol. The lowest BCUT2D eigenvalue weighted by Crippen LogP contribution is -2.56. The van der Waals surface area contributed by atoms with Gasteiger partial charge < -0.3 is 20.5 Å². The first kappa shape index (κ1) is 16.3. The fourth-order valence-electron chi connectivity index (χ4n) is 2.56. The first-order valence-electron chi connectivity index (χ1n) is 7.19. The lowest BCUT2D eigenvalue weighted by molar-refractivity contribution is -0.0574. The van der Waals surface area contributed by atoms with E-state index in [-0.39, 0.29) is 6.54 Å². The second kappa shape index (κ2) is 5.94. The minimum absolute atomic E-state index is 0.207. The van der Waals surface area contributed by atoms with Gasteiger partial charge in [-0.2, -0.15) is 11.3 Å². The first-order chi connectivity index (χ1) is 9.71. The fourth-order valence-corrected chi connectivity index (χ4v) is 3.26. The number of aliphatic hydroxyl groups is 1. The summed E-state index contributed by atoms with van der Waals surface area (Å²) in [7, 11) is 0. The van der Waals surface area contributed by atoms with Crippen LogP contribution in [-0.4, -0.2) is 40.4 Å². The summed E-state index contributed by atoms with van der Waals surface area (Å²) >= 11 is 1.55. The smallest absolute Gasteiger partial charge is 0.410 e. The van der Waals surface area contributed by atoms with Crippen molar-refractivity contribution < 1.29 is 14.6 Å². The van der Waals surface area contributed by atoms with Gasteiger partial charge in [0.1, 0.15) is 11.2 Å². The first-order valence-corrected chi connectivity index (χ1v) is 8.13. The maximum absolute atomic E-state index is 12.2. The van der Waals surface area contributed by atoms with Crippen LogP contribution in [0.1, 0.15) is 45.2 Å². The molecule has 2 unspecified atom stereocenters. The van der Waals surface area contributed by atoms with Crippen molar-refractivity contribution in [3.05, 3.63) is 22.4 Å². The highest BCUT2D eigenvalue weighted by Gasteiger charge is 2.42. The zero-order chi connectivity index (χ0) is 15.7. The van der Waals surface area contributed by atoms with Crippen LogP contribution in [0, 0.1) is 0 Å². The Morgan fingerprint density at radius 1 is 1.57 bits per heavy atom. The molecule has 1 aromatic heterocycles. The van der Waals surface area contributed by atoms with Gasteiger partial charge in [0.15, 0.2) is 0 Å². The van der Waals surface area contributed by atoms with E-state index < -0.39 is 23.3 Å². The van der Waals surface area contributed by atoms with Crippen molar-refractivity contribution in [3.8, 4) is 0 Å². The fraction of sp³-hybridized carbons (Fsp3) is 0.667. The molecule has 3 N–H and O–H groups in total. The molecule has 6 heteroatoms. The Morgan fingerprint density at radius 2 is 2.29 bits per heavy atom. The number of nitrogens with zero attached hydrogens (tertiary/aromatic N) is 1. The largest absolute Gasteiger partial charge is 0.444 e. The molecule has 5 nitrogen and oxygen atoms in total. The number of hydrogen-bond donors (Lipinski definition) is 2. The molecular formula is C15H24N2O3S. The topological polar surface area (TPSA) is 75.8 Å². The van der Waals surface area contributed by atoms with Gasteiger partial charge in [-0.25, -0.2) is 4.79 Å². The third kappa shape index (κ3) is 3.96. The van der Waals surface area contributed by atoms with Gasteiger partial charge in [0, 0.05) is 6.54 Å². The van der Waals surface area contributed by atoms with E-state index in [0.717, 1.165) is 5.56 Å². The summed E-state index contributed by atoms with van der Waals surface area (Å²) in [6.07, 6.45) is 0.912. The lowest BCUT2D eigenvalue weighted by atomic mass is 9.83. The standard InChI is InChI=1S/C15H24N2O3S/c1-14(2,3)20-13(18)17-7-4-6-15(19,10-17)12(16)11-5-8-21-9-11/h5,8-9,12,19H,4,6-7,10,16H2,1-3H3. The molecule has 0 radical (unpaired) electrons. The summed E-state index contributed by atoms with van der Waals surface area (Å²) in [5.74, 6) is 0. The minimum atomic E-state index is -1.10. The molecule has 1 aliphatic rings. The molecule has 2 atom stereocenters. The van der Waals surface area contributed by atoms with Crippen LogP contribution in [0.15, 0.2) is 16.8 Å². The molecule has 1 amide bonds. The average molecular weight is 312 g/mol. The number of hydrogen-bond acceptors (Lipinski definition) is 5. The van der Waals surface area contributed by atoms with Crippen LogP contribution >= 0.6 is 11.3 Å². The normalized spacial score (nSPS) is 24.7. The van der Waals surface area contributed by atoms with Gasteiger partial charge >= 0.3 is 6.09 Å². The summed E-state index contributed by atoms with van der Waals surface area (Å²) in [6.45, 7) is 6.29. The summed E-state index contributed by atoms with van der Waals surface area (Å²) in [4.78, 5) is 13.7. The zero-order valence-corrected chi connectivity index (χ0v) is 13.7. The number of amides is 1. The molecule has 1 aromatic rings. The Balaban J connectivity index is 2.07. The summed E-state index contributed by atoms with van der Waals surface area (Å²) in [6, 6.07) is 1.42. The highest BCUT2D eigenvalue weighted by molar-refractivity contribution is 7.07. The van der Waals surface area contributed by atoms with Crippen molar-refractivity contribution in [2.24, 2.45) is 5.73 Å². The molecule has 118 valence electrons. The van der Waals surface area contributed by atoms with Crippen LogP contribution < -0.4 is 5.73 Å². The Kier molecular flexibility index (Phi) is 4.60. The van der Waals surface area contributed by atoms with Crippen LogP contribution in [0.25, 0.3) is 0 Å². The number of likely N-dealkylation sites (tertiary alicyclic amines) is 1. The molecule has 2 rings (SSSR count). The number of piperidine rings is 1. The van der Waals surface area contributed by atoms with E-state index in [9.17, 15) is 9.90 Å². The molecule has 1 aliphatic heterocycles. The predicted octanol–water partition coefficient (Wildman–Crippen LogP) is 2.51. The molecule has 21 heavy (non-hydrogen) atoms. The third-order valence-corrected chi connectivity index (χ3v) is 4.34. The Labute approximate surface area is 129 Å². The molecule has 0 saturated carbocycles. The van der Waals surface area contributed by atoms with Crippen LogP contribution in [0.5, 0.6) is 0 Å². The lowest BCUT2D eigenvalue weighted by Gasteiger charge is -2.42. The number of rotatable bonds is 2. The maximum atomic E-state index is 12.2. The van der Waals surface area contributed by atoms with Gasteiger partial charge in [0.05, 0.1) is 12.6 Å². The van der Waals surface area contributed by atoms with Crippen molar-refractivity contribution in [1.29, 1.82) is 0 Å². The van der Waals surface area contributed by atoms with Crippen molar-refractivity contribution in [2.75, 3.05) is 13.1 Å². The molecular weight excluding hydrogens is 288 g/mol. The molecule has 1 saturated heterocycles. The van der Waals surface area contributed by atoms with Crippen LogP contribution in [-0.2, 0) is 4.74 Å². The Bertz CT molecular complexity index is 484. The number of carbonyl (C=O) groups excluding carboxylic acids is 1. The van der Waals surface area contributed by atoms with E-state index in [1.165, 1.54) is 0 Å². The number of nitrogens with two attached hydrogens (primary N) is 1. The number of carbonyl (C=O) groups is 1. The second-order valence-electron chi connectivity index (χ2n) is 6.64. The van der Waals surface area contributed by atoms with E-state index in [1.807, 2.05) is 37.6 Å². The minimum Gasteiger partial charge on any atom is -0.444 e. The van der Waals surface area contributed by atoms with E-state index in [1.54, 1.807) is 16.2 Å². The van der Waals surface area contributed by atoms with Crippen LogP contribution in [0.3, 0.4) is 0 Å². The van der Waals surface area contributed by atoms with E-state index in [2.05, 4.69) is 0 Å². The monoisotopic (exact) mass is 312 g/mol. The highest BCUT2D eigenvalue weighted by Crippen LogP contribution is 2.33. The average Bonchev–Trinajstić information content (AvgIpc) is 2.89. The molecule has 0 aliphatic carbocycles. The van der Waals surface area contributed by atoms with Gasteiger partial charge in [-0.05, 0) is 56.0 Å². The highest BCUT2D eigenvalue weighted by atomic mass is 32.1. The maximum Gasteiger partial charge on any atom is 0.410 e. The Morgan fingerprint density at radius 3 is 2.86 bits per heavy atom. The van der Waals surface area contributed by atoms with Crippen molar-refractivity contribution in [3.63, 3.8) is 0 Å².